The minimum absolute atomic E-state index is 1.15. The molecule has 94 valence electrons. The van der Waals surface area contributed by atoms with Gasteiger partial charge in [-0.2, -0.15) is 0 Å². The van der Waals surface area contributed by atoms with Gasteiger partial charge in [0.15, 0.2) is 0 Å². The van der Waals surface area contributed by atoms with Crippen LogP contribution in [0.15, 0.2) is 0 Å². The molecule has 0 spiro atoms. The molecule has 0 N–H and O–H groups in total. The monoisotopic (exact) mass is 430 g/mol. The molecular formula is C12H23AuClP. The van der Waals surface area contributed by atoms with Crippen LogP contribution in [0.1, 0.15) is 64.2 Å². The fraction of sp³-hybridized carbons (Fsp3) is 1.00. The summed E-state index contributed by atoms with van der Waals surface area (Å²) >= 11 is 1.75. The van der Waals surface area contributed by atoms with Crippen LogP contribution < -0.4 is 0 Å². The molecule has 0 unspecified atom stereocenters. The molecule has 2 rings (SSSR count). The summed E-state index contributed by atoms with van der Waals surface area (Å²) in [5, 5.41) is 0. The maximum atomic E-state index is 4.58. The van der Waals surface area contributed by atoms with Gasteiger partial charge < -0.3 is 0 Å². The number of halogens is 1. The molecule has 0 atom stereocenters. The second-order valence-electron chi connectivity index (χ2n) is 4.84. The van der Waals surface area contributed by atoms with Gasteiger partial charge >= 0.3 is 29.2 Å². The topological polar surface area (TPSA) is 0 Å². The second kappa shape index (κ2) is 9.49. The number of hydrogen-bond donors (Lipinski definition) is 0. The summed E-state index contributed by atoms with van der Waals surface area (Å²) in [6.07, 6.45) is 15.4. The molecular weight excluding hydrogens is 408 g/mol. The first-order chi connectivity index (χ1) is 7.45. The van der Waals surface area contributed by atoms with Crippen molar-refractivity contribution in [3.63, 3.8) is 0 Å². The van der Waals surface area contributed by atoms with Crippen LogP contribution in [0, 0.1) is 0 Å². The fourth-order valence-electron chi connectivity index (χ4n) is 2.87. The molecule has 2 saturated carbocycles. The van der Waals surface area contributed by atoms with Crippen LogP contribution in [0.4, 0.5) is 0 Å². The fourth-order valence-corrected chi connectivity index (χ4v) is 5.02. The first-order valence-corrected chi connectivity index (χ1v) is 10.2. The quantitative estimate of drug-likeness (QED) is 0.426. The summed E-state index contributed by atoms with van der Waals surface area (Å²) in [4.78, 5) is 0. The van der Waals surface area contributed by atoms with Crippen LogP contribution in [0.3, 0.4) is 0 Å². The van der Waals surface area contributed by atoms with Crippen LogP contribution in [-0.2, 0) is 20.0 Å². The van der Waals surface area contributed by atoms with E-state index in [1.807, 2.05) is 0 Å². The Morgan fingerprint density at radius 1 is 0.667 bits per heavy atom. The minimum atomic E-state index is 1.15. The molecule has 0 amide bonds. The molecule has 0 aromatic carbocycles. The maximum absolute atomic E-state index is 4.58. The molecule has 0 aromatic heterocycles. The Kier molecular flexibility index (Phi) is 9.18. The van der Waals surface area contributed by atoms with Crippen LogP contribution >= 0.6 is 17.8 Å². The van der Waals surface area contributed by atoms with Crippen molar-refractivity contribution >= 4 is 17.8 Å². The molecule has 0 aliphatic heterocycles. The van der Waals surface area contributed by atoms with Crippen LogP contribution in [0.5, 0.6) is 0 Å². The standard InChI is InChI=1S/C12H23P.Au.ClH/c1-3-7-11(8-4-1)13-12-9-5-2-6-10-12;;/h11-13H,1-10H2;;1H/q;+1;/p-1. The van der Waals surface area contributed by atoms with Gasteiger partial charge in [-0.15, -0.1) is 8.58 Å². The molecule has 0 bridgehead atoms. The van der Waals surface area contributed by atoms with Crippen LogP contribution in [0.2, 0.25) is 0 Å². The SMILES string of the molecule is C1CCC(PC2CCCCC2)CC1.[Cl][Au]. The van der Waals surface area contributed by atoms with Gasteiger partial charge in [0.05, 0.1) is 0 Å². The van der Waals surface area contributed by atoms with E-state index in [0.29, 0.717) is 0 Å². The van der Waals surface area contributed by atoms with E-state index < -0.39 is 0 Å². The van der Waals surface area contributed by atoms with Crippen molar-refractivity contribution < 1.29 is 20.0 Å². The average molecular weight is 431 g/mol. The Balaban J connectivity index is 0.000000531. The van der Waals surface area contributed by atoms with Gasteiger partial charge in [-0.1, -0.05) is 38.5 Å². The summed E-state index contributed by atoms with van der Waals surface area (Å²) in [5.74, 6) is 0. The molecule has 0 aromatic rings. The van der Waals surface area contributed by atoms with Crippen molar-refractivity contribution in [2.24, 2.45) is 0 Å². The zero-order valence-corrected chi connectivity index (χ0v) is 13.3. The summed E-state index contributed by atoms with van der Waals surface area (Å²) in [6.45, 7) is 0. The van der Waals surface area contributed by atoms with E-state index in [2.05, 4.69) is 9.19 Å². The molecule has 15 heavy (non-hydrogen) atoms. The number of hydrogen-bond acceptors (Lipinski definition) is 0. The van der Waals surface area contributed by atoms with Crippen LogP contribution in [0.25, 0.3) is 0 Å². The van der Waals surface area contributed by atoms with Crippen molar-refractivity contribution in [2.75, 3.05) is 0 Å². The number of rotatable bonds is 2. The van der Waals surface area contributed by atoms with Crippen molar-refractivity contribution in [1.82, 2.24) is 0 Å². The third-order valence-corrected chi connectivity index (χ3v) is 5.78. The van der Waals surface area contributed by atoms with Gasteiger partial charge in [-0.05, 0) is 37.0 Å². The third-order valence-electron chi connectivity index (χ3n) is 3.68. The molecule has 0 saturated heterocycles. The second-order valence-corrected chi connectivity index (χ2v) is 6.80. The van der Waals surface area contributed by atoms with E-state index in [1.165, 1.54) is 47.1 Å². The van der Waals surface area contributed by atoms with Gasteiger partial charge in [0.2, 0.25) is 0 Å². The summed E-state index contributed by atoms with van der Waals surface area (Å²) in [7, 11) is 5.91. The summed E-state index contributed by atoms with van der Waals surface area (Å²) < 4.78 is 0. The molecule has 0 nitrogen and oxygen atoms in total. The Morgan fingerprint density at radius 2 is 1.00 bits per heavy atom. The van der Waals surface area contributed by atoms with Gasteiger partial charge in [0, 0.05) is 0 Å². The molecule has 3 heteroatoms. The van der Waals surface area contributed by atoms with Crippen molar-refractivity contribution in [3.8, 4) is 0 Å². The van der Waals surface area contributed by atoms with Crippen molar-refractivity contribution in [1.29, 1.82) is 0 Å². The summed E-state index contributed by atoms with van der Waals surface area (Å²) in [5.41, 5.74) is 2.30. The normalized spacial score (nSPS) is 24.5. The third kappa shape index (κ3) is 6.08. The first-order valence-electron chi connectivity index (χ1n) is 6.32. The van der Waals surface area contributed by atoms with E-state index in [0.717, 1.165) is 11.3 Å². The van der Waals surface area contributed by atoms with E-state index in [4.69, 9.17) is 0 Å². The zero-order valence-electron chi connectivity index (χ0n) is 9.41. The van der Waals surface area contributed by atoms with Gasteiger partial charge in [0.1, 0.15) is 0 Å². The first kappa shape index (κ1) is 14.5. The zero-order chi connectivity index (χ0) is 10.9. The van der Waals surface area contributed by atoms with Gasteiger partial charge in [0.25, 0.3) is 0 Å². The average Bonchev–Trinajstić information content (AvgIpc) is 2.34. The molecule has 2 aliphatic rings. The van der Waals surface area contributed by atoms with Gasteiger partial charge in [-0.25, -0.2) is 0 Å². The van der Waals surface area contributed by atoms with E-state index in [9.17, 15) is 0 Å². The van der Waals surface area contributed by atoms with E-state index in [-0.39, 0.29) is 0 Å². The Bertz CT molecular complexity index is 127. The predicted molar refractivity (Wildman–Crippen MR) is 67.9 cm³/mol. The Labute approximate surface area is 113 Å². The molecule has 2 fully saturated rings. The predicted octanol–water partition coefficient (Wildman–Crippen LogP) is 5.02. The Morgan fingerprint density at radius 3 is 1.33 bits per heavy atom. The molecule has 2 aliphatic carbocycles. The van der Waals surface area contributed by atoms with Crippen LogP contribution in [-0.4, -0.2) is 11.3 Å². The van der Waals surface area contributed by atoms with Crippen molar-refractivity contribution in [3.05, 3.63) is 0 Å². The van der Waals surface area contributed by atoms with E-state index in [1.54, 1.807) is 45.7 Å². The summed E-state index contributed by atoms with van der Waals surface area (Å²) in [6, 6.07) is 0. The van der Waals surface area contributed by atoms with Crippen molar-refractivity contribution in [2.45, 2.75) is 75.5 Å². The van der Waals surface area contributed by atoms with Gasteiger partial charge in [-0.3, -0.25) is 0 Å². The molecule has 0 heterocycles. The Hall–Kier alpha value is 1.46. The van der Waals surface area contributed by atoms with E-state index >= 15 is 0 Å². The molecule has 0 radical (unpaired) electrons.